The lowest BCUT2D eigenvalue weighted by molar-refractivity contribution is 0.108. The lowest BCUT2D eigenvalue weighted by Crippen LogP contribution is -2.57. The number of anilines is 1. The van der Waals surface area contributed by atoms with Gasteiger partial charge in [-0.25, -0.2) is 13.7 Å². The molecule has 13 heteroatoms. The smallest absolute Gasteiger partial charge is 0.319 e. The van der Waals surface area contributed by atoms with Gasteiger partial charge >= 0.3 is 16.2 Å². The van der Waals surface area contributed by atoms with Crippen LogP contribution in [0.2, 0.25) is 5.15 Å². The van der Waals surface area contributed by atoms with Crippen LogP contribution in [0.4, 0.5) is 10.2 Å². The topological polar surface area (TPSA) is 113 Å². The monoisotopic (exact) mass is 511 g/mol. The van der Waals surface area contributed by atoms with Crippen molar-refractivity contribution in [1.29, 1.82) is 0 Å². The summed E-state index contributed by atoms with van der Waals surface area (Å²) in [5.74, 6) is -0.765. The highest BCUT2D eigenvalue weighted by Crippen LogP contribution is 2.41. The van der Waals surface area contributed by atoms with E-state index in [9.17, 15) is 8.42 Å². The second kappa shape index (κ2) is 8.09. The van der Waals surface area contributed by atoms with Gasteiger partial charge in [0.1, 0.15) is 12.1 Å². The van der Waals surface area contributed by atoms with Crippen molar-refractivity contribution >= 4 is 38.5 Å². The summed E-state index contributed by atoms with van der Waals surface area (Å²) in [5.41, 5.74) is -0.936. The largest absolute Gasteiger partial charge is 0.461 e. The van der Waals surface area contributed by atoms with Crippen molar-refractivity contribution in [3.63, 3.8) is 0 Å². The second-order valence-corrected chi connectivity index (χ2v) is 11.7. The number of pyridine rings is 1. The first-order valence-electron chi connectivity index (χ1n) is 11.7. The standard InChI is InChI=1S/C21H27ClFN7O3S/c22-17-15(23)16-14(10-25-17)18(30-21(4-1-7-24-11-21)12-26-34(30,31)32)28-19(27-16)33-13-20-5-2-8-29(20)9-3-6-20/h10,24,26H,1-9,11-13H2. The summed E-state index contributed by atoms with van der Waals surface area (Å²) in [4.78, 5) is 15.2. The van der Waals surface area contributed by atoms with E-state index in [4.69, 9.17) is 16.3 Å². The lowest BCUT2D eigenvalue weighted by atomic mass is 9.90. The molecule has 4 saturated heterocycles. The summed E-state index contributed by atoms with van der Waals surface area (Å²) in [7, 11) is -3.92. The minimum Gasteiger partial charge on any atom is -0.461 e. The van der Waals surface area contributed by atoms with Crippen LogP contribution in [0.15, 0.2) is 6.20 Å². The van der Waals surface area contributed by atoms with Crippen LogP contribution in [0.3, 0.4) is 0 Å². The molecule has 6 heterocycles. The van der Waals surface area contributed by atoms with Gasteiger partial charge in [0.2, 0.25) is 0 Å². The molecule has 34 heavy (non-hydrogen) atoms. The number of rotatable bonds is 4. The highest BCUT2D eigenvalue weighted by atomic mass is 35.5. The zero-order valence-corrected chi connectivity index (χ0v) is 20.3. The number of piperidine rings is 1. The number of nitrogens with one attached hydrogen (secondary N) is 2. The van der Waals surface area contributed by atoms with Gasteiger partial charge in [-0.2, -0.15) is 23.1 Å². The average molecular weight is 512 g/mol. The molecule has 0 bridgehead atoms. The van der Waals surface area contributed by atoms with Gasteiger partial charge < -0.3 is 10.1 Å². The molecule has 1 atom stereocenters. The Hall–Kier alpha value is -1.86. The van der Waals surface area contributed by atoms with Gasteiger partial charge in [0, 0.05) is 19.3 Å². The van der Waals surface area contributed by atoms with Crippen molar-refractivity contribution in [2.75, 3.05) is 43.6 Å². The molecule has 4 aliphatic heterocycles. The Morgan fingerprint density at radius 3 is 2.68 bits per heavy atom. The summed E-state index contributed by atoms with van der Waals surface area (Å²) < 4.78 is 51.5. The van der Waals surface area contributed by atoms with E-state index in [1.165, 1.54) is 10.5 Å². The number of hydrogen-bond donors (Lipinski definition) is 2. The summed E-state index contributed by atoms with van der Waals surface area (Å²) in [6.45, 7) is 3.93. The van der Waals surface area contributed by atoms with Crippen molar-refractivity contribution in [1.82, 2.24) is 29.9 Å². The normalized spacial score (nSPS) is 28.1. The molecule has 1 spiro atoms. The van der Waals surface area contributed by atoms with Crippen LogP contribution in [0.1, 0.15) is 38.5 Å². The molecule has 0 aliphatic carbocycles. The zero-order valence-electron chi connectivity index (χ0n) is 18.7. The molecule has 2 aromatic heterocycles. The van der Waals surface area contributed by atoms with Crippen LogP contribution in [0.25, 0.3) is 10.9 Å². The first-order chi connectivity index (χ1) is 16.3. The molecule has 10 nitrogen and oxygen atoms in total. The van der Waals surface area contributed by atoms with E-state index >= 15 is 4.39 Å². The molecule has 0 saturated carbocycles. The van der Waals surface area contributed by atoms with Gasteiger partial charge in [-0.3, -0.25) is 4.90 Å². The Morgan fingerprint density at radius 2 is 1.94 bits per heavy atom. The summed E-state index contributed by atoms with van der Waals surface area (Å²) in [6.07, 6.45) is 7.03. The van der Waals surface area contributed by atoms with E-state index in [-0.39, 0.29) is 40.0 Å². The van der Waals surface area contributed by atoms with Gasteiger partial charge in [0.15, 0.2) is 16.8 Å². The summed E-state index contributed by atoms with van der Waals surface area (Å²) >= 11 is 5.95. The number of ether oxygens (including phenoxy) is 1. The van der Waals surface area contributed by atoms with Crippen molar-refractivity contribution in [3.8, 4) is 6.01 Å². The predicted octanol–water partition coefficient (Wildman–Crippen LogP) is 1.60. The van der Waals surface area contributed by atoms with Crippen LogP contribution < -0.4 is 19.1 Å². The van der Waals surface area contributed by atoms with E-state index in [0.29, 0.717) is 19.6 Å². The number of fused-ring (bicyclic) bond motifs is 2. The molecule has 0 amide bonds. The third-order valence-corrected chi connectivity index (χ3v) is 9.59. The first-order valence-corrected chi connectivity index (χ1v) is 13.6. The molecule has 184 valence electrons. The lowest BCUT2D eigenvalue weighted by Gasteiger charge is -2.39. The Balaban J connectivity index is 1.46. The van der Waals surface area contributed by atoms with Crippen molar-refractivity contribution in [2.24, 2.45) is 0 Å². The van der Waals surface area contributed by atoms with Crippen molar-refractivity contribution in [2.45, 2.75) is 49.6 Å². The van der Waals surface area contributed by atoms with Gasteiger partial charge in [0.05, 0.1) is 16.5 Å². The Kier molecular flexibility index (Phi) is 5.37. The fraction of sp³-hybridized carbons (Fsp3) is 0.667. The highest BCUT2D eigenvalue weighted by Gasteiger charge is 2.52. The molecular weight excluding hydrogens is 485 g/mol. The number of nitrogens with zero attached hydrogens (tertiary/aromatic N) is 5. The van der Waals surface area contributed by atoms with E-state index in [2.05, 4.69) is 29.9 Å². The van der Waals surface area contributed by atoms with Crippen molar-refractivity contribution < 1.29 is 17.5 Å². The van der Waals surface area contributed by atoms with E-state index < -0.39 is 21.6 Å². The molecule has 2 N–H and O–H groups in total. The summed E-state index contributed by atoms with van der Waals surface area (Å²) in [5, 5.41) is 3.12. The maximum absolute atomic E-state index is 15.1. The minimum absolute atomic E-state index is 0.0576. The van der Waals surface area contributed by atoms with Gasteiger partial charge in [0.25, 0.3) is 0 Å². The van der Waals surface area contributed by atoms with Crippen LogP contribution >= 0.6 is 11.6 Å². The average Bonchev–Trinajstić information content (AvgIpc) is 3.47. The first kappa shape index (κ1) is 22.6. The van der Waals surface area contributed by atoms with Gasteiger partial charge in [-0.05, 0) is 58.2 Å². The van der Waals surface area contributed by atoms with Crippen molar-refractivity contribution in [3.05, 3.63) is 17.2 Å². The molecule has 6 rings (SSSR count). The van der Waals surface area contributed by atoms with Crippen LogP contribution in [-0.4, -0.2) is 78.7 Å². The second-order valence-electron chi connectivity index (χ2n) is 9.76. The third-order valence-electron chi connectivity index (χ3n) is 7.78. The zero-order chi connectivity index (χ0) is 23.6. The maximum Gasteiger partial charge on any atom is 0.319 e. The van der Waals surface area contributed by atoms with Gasteiger partial charge in [-0.1, -0.05) is 11.6 Å². The number of hydrogen-bond acceptors (Lipinski definition) is 8. The molecule has 1 unspecified atom stereocenters. The van der Waals surface area contributed by atoms with E-state index in [1.807, 2.05) is 0 Å². The van der Waals surface area contributed by atoms with Crippen LogP contribution in [0, 0.1) is 5.82 Å². The fourth-order valence-electron chi connectivity index (χ4n) is 6.11. The van der Waals surface area contributed by atoms with Crippen LogP contribution in [-0.2, 0) is 10.2 Å². The van der Waals surface area contributed by atoms with Crippen LogP contribution in [0.5, 0.6) is 6.01 Å². The maximum atomic E-state index is 15.1. The molecular formula is C21H27ClFN7O3S. The minimum atomic E-state index is -3.92. The summed E-state index contributed by atoms with van der Waals surface area (Å²) in [6, 6.07) is -0.0576. The number of halogens is 2. The molecule has 4 aliphatic rings. The Morgan fingerprint density at radius 1 is 1.15 bits per heavy atom. The fourth-order valence-corrected chi connectivity index (χ4v) is 7.93. The highest BCUT2D eigenvalue weighted by molar-refractivity contribution is 7.91. The molecule has 2 aromatic rings. The van der Waals surface area contributed by atoms with Gasteiger partial charge in [-0.15, -0.1) is 0 Å². The van der Waals surface area contributed by atoms with E-state index in [1.54, 1.807) is 0 Å². The predicted molar refractivity (Wildman–Crippen MR) is 125 cm³/mol. The van der Waals surface area contributed by atoms with E-state index in [0.717, 1.165) is 51.7 Å². The SMILES string of the molecule is O=S1(=O)NCC2(CCCNC2)N1c1nc(OCC23CCCN2CCC3)nc2c(F)c(Cl)ncc12. The number of aromatic nitrogens is 3. The Labute approximate surface area is 202 Å². The molecule has 0 aromatic carbocycles. The third kappa shape index (κ3) is 3.45. The quantitative estimate of drug-likeness (QED) is 0.595. The Bertz CT molecular complexity index is 1230. The molecule has 0 radical (unpaired) electrons. The molecule has 4 fully saturated rings.